The summed E-state index contributed by atoms with van der Waals surface area (Å²) in [5.74, 6) is -1.15. The fourth-order valence-corrected chi connectivity index (χ4v) is 4.37. The standard InChI is InChI=1S/C23H21F2NO2S/c1-15-22(13-20-3-2-8-29-20)21-5-4-16(14-27)9-23(21)26(15)6-7-28-19-11-17(24)10-18(25)12-19/h2-5,8-12,27H,6-7,13-14H2,1H3. The van der Waals surface area contributed by atoms with E-state index < -0.39 is 11.6 Å². The average molecular weight is 413 g/mol. The predicted molar refractivity (Wildman–Crippen MR) is 112 cm³/mol. The molecule has 0 bridgehead atoms. The van der Waals surface area contributed by atoms with Gasteiger partial charge in [0.05, 0.1) is 13.2 Å². The second kappa shape index (κ2) is 8.35. The van der Waals surface area contributed by atoms with Crippen molar-refractivity contribution in [3.63, 3.8) is 0 Å². The summed E-state index contributed by atoms with van der Waals surface area (Å²) in [6, 6.07) is 13.3. The molecule has 2 heterocycles. The van der Waals surface area contributed by atoms with Crippen LogP contribution in [0.2, 0.25) is 0 Å². The van der Waals surface area contributed by atoms with E-state index in [9.17, 15) is 13.9 Å². The van der Waals surface area contributed by atoms with Gasteiger partial charge in [0.1, 0.15) is 24.0 Å². The van der Waals surface area contributed by atoms with Crippen LogP contribution in [0.4, 0.5) is 8.78 Å². The molecule has 2 aromatic carbocycles. The number of aromatic nitrogens is 1. The van der Waals surface area contributed by atoms with Crippen LogP contribution in [-0.4, -0.2) is 16.3 Å². The maximum atomic E-state index is 13.4. The lowest BCUT2D eigenvalue weighted by Gasteiger charge is -2.11. The van der Waals surface area contributed by atoms with E-state index in [1.807, 2.05) is 18.2 Å². The van der Waals surface area contributed by atoms with Crippen molar-refractivity contribution in [2.75, 3.05) is 6.61 Å². The molecule has 0 amide bonds. The van der Waals surface area contributed by atoms with Crippen molar-refractivity contribution in [2.24, 2.45) is 0 Å². The highest BCUT2D eigenvalue weighted by atomic mass is 32.1. The topological polar surface area (TPSA) is 34.4 Å². The van der Waals surface area contributed by atoms with E-state index in [0.29, 0.717) is 6.54 Å². The van der Waals surface area contributed by atoms with Crippen molar-refractivity contribution in [3.05, 3.63) is 87.2 Å². The minimum absolute atomic E-state index is 0.0283. The van der Waals surface area contributed by atoms with Crippen molar-refractivity contribution in [1.29, 1.82) is 0 Å². The van der Waals surface area contributed by atoms with Gasteiger partial charge < -0.3 is 14.4 Å². The van der Waals surface area contributed by atoms with Crippen molar-refractivity contribution in [3.8, 4) is 5.75 Å². The Kier molecular flexibility index (Phi) is 5.65. The monoisotopic (exact) mass is 413 g/mol. The molecule has 2 aromatic heterocycles. The van der Waals surface area contributed by atoms with Crippen LogP contribution in [0.15, 0.2) is 53.9 Å². The van der Waals surface area contributed by atoms with Crippen LogP contribution >= 0.6 is 11.3 Å². The van der Waals surface area contributed by atoms with Crippen molar-refractivity contribution < 1.29 is 18.6 Å². The highest BCUT2D eigenvalue weighted by Crippen LogP contribution is 2.30. The van der Waals surface area contributed by atoms with Crippen LogP contribution in [0.5, 0.6) is 5.75 Å². The average Bonchev–Trinajstić information content (AvgIpc) is 3.29. The second-order valence-electron chi connectivity index (χ2n) is 6.93. The summed E-state index contributed by atoms with van der Waals surface area (Å²) in [6.45, 7) is 2.85. The summed E-state index contributed by atoms with van der Waals surface area (Å²) < 4.78 is 34.5. The van der Waals surface area contributed by atoms with Crippen LogP contribution in [0, 0.1) is 18.6 Å². The van der Waals surface area contributed by atoms with Crippen LogP contribution < -0.4 is 4.74 Å². The van der Waals surface area contributed by atoms with Gasteiger partial charge in [-0.2, -0.15) is 0 Å². The largest absolute Gasteiger partial charge is 0.492 e. The Morgan fingerprint density at radius 2 is 1.86 bits per heavy atom. The third-order valence-corrected chi connectivity index (χ3v) is 5.93. The molecule has 0 atom stereocenters. The third kappa shape index (κ3) is 4.18. The van der Waals surface area contributed by atoms with E-state index >= 15 is 0 Å². The predicted octanol–water partition coefficient (Wildman–Crippen LogP) is 5.45. The van der Waals surface area contributed by atoms with Gasteiger partial charge in [-0.1, -0.05) is 18.2 Å². The first-order valence-electron chi connectivity index (χ1n) is 9.38. The normalized spacial score (nSPS) is 11.3. The molecule has 6 heteroatoms. The van der Waals surface area contributed by atoms with Crippen molar-refractivity contribution >= 4 is 22.2 Å². The number of hydrogen-bond acceptors (Lipinski definition) is 3. The Morgan fingerprint density at radius 3 is 2.55 bits per heavy atom. The maximum Gasteiger partial charge on any atom is 0.129 e. The van der Waals surface area contributed by atoms with Crippen molar-refractivity contribution in [2.45, 2.75) is 26.5 Å². The van der Waals surface area contributed by atoms with E-state index in [2.05, 4.69) is 29.0 Å². The number of hydrogen-bond donors (Lipinski definition) is 1. The summed E-state index contributed by atoms with van der Waals surface area (Å²) >= 11 is 1.72. The number of aliphatic hydroxyl groups excluding tert-OH is 1. The summed E-state index contributed by atoms with van der Waals surface area (Å²) in [6.07, 6.45) is 0.835. The van der Waals surface area contributed by atoms with Gasteiger partial charge in [0.15, 0.2) is 0 Å². The summed E-state index contributed by atoms with van der Waals surface area (Å²) in [7, 11) is 0. The van der Waals surface area contributed by atoms with E-state index in [1.165, 1.54) is 22.6 Å². The van der Waals surface area contributed by atoms with Gasteiger partial charge in [0.2, 0.25) is 0 Å². The van der Waals surface area contributed by atoms with Gasteiger partial charge in [0, 0.05) is 46.1 Å². The number of thiophene rings is 1. The first-order valence-corrected chi connectivity index (χ1v) is 10.3. The van der Waals surface area contributed by atoms with E-state index in [0.717, 1.165) is 34.6 Å². The SMILES string of the molecule is Cc1c(Cc2cccs2)c2ccc(CO)cc2n1CCOc1cc(F)cc(F)c1. The molecular formula is C23H21F2NO2S. The lowest BCUT2D eigenvalue weighted by Crippen LogP contribution is -2.10. The Labute approximate surface area is 171 Å². The molecule has 0 radical (unpaired) electrons. The molecule has 0 aliphatic rings. The molecule has 0 unspecified atom stereocenters. The smallest absolute Gasteiger partial charge is 0.129 e. The molecule has 4 rings (SSSR count). The Morgan fingerprint density at radius 1 is 1.07 bits per heavy atom. The summed E-state index contributed by atoms with van der Waals surface area (Å²) in [5.41, 5.74) is 4.22. The number of aliphatic hydroxyl groups is 1. The van der Waals surface area contributed by atoms with Crippen LogP contribution in [-0.2, 0) is 19.6 Å². The molecule has 4 aromatic rings. The first-order chi connectivity index (χ1) is 14.0. The molecule has 0 saturated heterocycles. The molecule has 0 spiro atoms. The quantitative estimate of drug-likeness (QED) is 0.437. The fraction of sp³-hybridized carbons (Fsp3) is 0.217. The zero-order valence-electron chi connectivity index (χ0n) is 16.0. The van der Waals surface area contributed by atoms with Crippen LogP contribution in [0.3, 0.4) is 0 Å². The number of nitrogens with zero attached hydrogens (tertiary/aromatic N) is 1. The molecule has 0 aliphatic carbocycles. The number of ether oxygens (including phenoxy) is 1. The van der Waals surface area contributed by atoms with Crippen LogP contribution in [0.25, 0.3) is 10.9 Å². The maximum absolute atomic E-state index is 13.4. The minimum Gasteiger partial charge on any atom is -0.492 e. The number of fused-ring (bicyclic) bond motifs is 1. The Hall–Kier alpha value is -2.70. The molecule has 0 fully saturated rings. The van der Waals surface area contributed by atoms with E-state index in [-0.39, 0.29) is 19.0 Å². The number of benzene rings is 2. The lowest BCUT2D eigenvalue weighted by molar-refractivity contribution is 0.282. The van der Waals surface area contributed by atoms with E-state index in [1.54, 1.807) is 11.3 Å². The minimum atomic E-state index is -0.659. The van der Waals surface area contributed by atoms with E-state index in [4.69, 9.17) is 4.74 Å². The highest BCUT2D eigenvalue weighted by Gasteiger charge is 2.15. The third-order valence-electron chi connectivity index (χ3n) is 5.05. The zero-order chi connectivity index (χ0) is 20.4. The van der Waals surface area contributed by atoms with Crippen LogP contribution in [0.1, 0.15) is 21.7 Å². The molecule has 1 N–H and O–H groups in total. The summed E-state index contributed by atoms with van der Waals surface area (Å²) in [5, 5.41) is 12.8. The van der Waals surface area contributed by atoms with Gasteiger partial charge in [-0.25, -0.2) is 8.78 Å². The zero-order valence-corrected chi connectivity index (χ0v) is 16.8. The summed E-state index contributed by atoms with van der Waals surface area (Å²) in [4.78, 5) is 1.28. The first kappa shape index (κ1) is 19.6. The number of halogens is 2. The van der Waals surface area contributed by atoms with Gasteiger partial charge in [0.25, 0.3) is 0 Å². The Bertz CT molecular complexity index is 1120. The molecule has 29 heavy (non-hydrogen) atoms. The molecule has 0 saturated carbocycles. The van der Waals surface area contributed by atoms with Gasteiger partial charge in [-0.05, 0) is 35.6 Å². The number of rotatable bonds is 7. The fourth-order valence-electron chi connectivity index (χ4n) is 3.66. The molecule has 0 aliphatic heterocycles. The van der Waals surface area contributed by atoms with Gasteiger partial charge >= 0.3 is 0 Å². The highest BCUT2D eigenvalue weighted by molar-refractivity contribution is 7.09. The Balaban J connectivity index is 1.64. The molecular weight excluding hydrogens is 392 g/mol. The lowest BCUT2D eigenvalue weighted by atomic mass is 10.1. The molecule has 3 nitrogen and oxygen atoms in total. The van der Waals surface area contributed by atoms with Gasteiger partial charge in [-0.15, -0.1) is 11.3 Å². The second-order valence-corrected chi connectivity index (χ2v) is 7.97. The molecule has 150 valence electrons. The van der Waals surface area contributed by atoms with Gasteiger partial charge in [-0.3, -0.25) is 0 Å². The van der Waals surface area contributed by atoms with Crippen molar-refractivity contribution in [1.82, 2.24) is 4.57 Å².